The summed E-state index contributed by atoms with van der Waals surface area (Å²) in [7, 11) is 0. The number of fused-ring (bicyclic) bond motifs is 1. The summed E-state index contributed by atoms with van der Waals surface area (Å²) in [5, 5.41) is 3.75. The monoisotopic (exact) mass is 293 g/mol. The molecule has 0 saturated carbocycles. The molecule has 1 fully saturated rings. The Morgan fingerprint density at radius 2 is 1.90 bits per heavy atom. The maximum Gasteiger partial charge on any atom is 0.161 e. The second kappa shape index (κ2) is 6.72. The smallest absolute Gasteiger partial charge is 0.161 e. The van der Waals surface area contributed by atoms with E-state index in [2.05, 4.69) is 36.1 Å². The van der Waals surface area contributed by atoms with Crippen LogP contribution in [0.2, 0.25) is 0 Å². The van der Waals surface area contributed by atoms with Gasteiger partial charge in [-0.25, -0.2) is 0 Å². The Labute approximate surface area is 125 Å². The molecule has 1 atom stereocenters. The van der Waals surface area contributed by atoms with Gasteiger partial charge in [0.05, 0.1) is 13.2 Å². The summed E-state index contributed by atoms with van der Waals surface area (Å²) < 4.78 is 11.5. The van der Waals surface area contributed by atoms with Gasteiger partial charge in [-0.1, -0.05) is 6.07 Å². The lowest BCUT2D eigenvalue weighted by Gasteiger charge is -2.27. The van der Waals surface area contributed by atoms with Crippen LogP contribution in [0.3, 0.4) is 0 Å². The van der Waals surface area contributed by atoms with Crippen molar-refractivity contribution < 1.29 is 9.47 Å². The minimum absolute atomic E-state index is 0.361. The lowest BCUT2D eigenvalue weighted by atomic mass is 10.0. The van der Waals surface area contributed by atoms with Gasteiger partial charge in [-0.15, -0.1) is 0 Å². The molecule has 0 amide bonds. The Morgan fingerprint density at radius 1 is 1.15 bits per heavy atom. The number of hydrogen-bond acceptors (Lipinski definition) is 4. The Hall–Kier alpha value is -0.870. The number of ether oxygens (including phenoxy) is 2. The predicted molar refractivity (Wildman–Crippen MR) is 83.9 cm³/mol. The van der Waals surface area contributed by atoms with Gasteiger partial charge in [0.2, 0.25) is 0 Å². The van der Waals surface area contributed by atoms with E-state index in [1.807, 2.05) is 6.07 Å². The molecule has 0 radical (unpaired) electrons. The van der Waals surface area contributed by atoms with Crippen LogP contribution in [0.15, 0.2) is 18.2 Å². The van der Waals surface area contributed by atoms with Crippen molar-refractivity contribution in [1.29, 1.82) is 0 Å². The second-order valence-electron chi connectivity index (χ2n) is 5.53. The third-order valence-electron chi connectivity index (χ3n) is 3.98. The summed E-state index contributed by atoms with van der Waals surface area (Å²) in [6, 6.07) is 7.35. The molecule has 0 aromatic heterocycles. The minimum atomic E-state index is 0.361. The highest BCUT2D eigenvalue weighted by atomic mass is 32.2. The number of hydrogen-bond donors (Lipinski definition) is 1. The maximum absolute atomic E-state index is 5.77. The van der Waals surface area contributed by atoms with Crippen LogP contribution in [0.1, 0.15) is 37.8 Å². The summed E-state index contributed by atoms with van der Waals surface area (Å²) in [5.74, 6) is 4.34. The molecule has 1 aromatic rings. The minimum Gasteiger partial charge on any atom is -0.490 e. The Morgan fingerprint density at radius 3 is 2.70 bits per heavy atom. The first-order chi connectivity index (χ1) is 9.83. The zero-order valence-electron chi connectivity index (χ0n) is 12.1. The van der Waals surface area contributed by atoms with Crippen molar-refractivity contribution in [3.8, 4) is 11.5 Å². The summed E-state index contributed by atoms with van der Waals surface area (Å²) in [5.41, 5.74) is 1.28. The SMILES string of the molecule is CC(NC1CCSCC1)c1ccc2c(c1)OCCCO2. The van der Waals surface area contributed by atoms with E-state index in [1.165, 1.54) is 29.9 Å². The van der Waals surface area contributed by atoms with E-state index < -0.39 is 0 Å². The second-order valence-corrected chi connectivity index (χ2v) is 6.76. The van der Waals surface area contributed by atoms with Crippen LogP contribution in [0, 0.1) is 0 Å². The van der Waals surface area contributed by atoms with E-state index in [4.69, 9.17) is 9.47 Å². The highest BCUT2D eigenvalue weighted by molar-refractivity contribution is 7.99. The average Bonchev–Trinajstić information content (AvgIpc) is 2.72. The molecule has 0 aliphatic carbocycles. The molecule has 1 unspecified atom stereocenters. The molecule has 20 heavy (non-hydrogen) atoms. The van der Waals surface area contributed by atoms with Gasteiger partial charge in [0, 0.05) is 18.5 Å². The van der Waals surface area contributed by atoms with Crippen LogP contribution in [0.25, 0.3) is 0 Å². The maximum atomic E-state index is 5.77. The fourth-order valence-corrected chi connectivity index (χ4v) is 3.87. The molecule has 0 bridgehead atoms. The van der Waals surface area contributed by atoms with Crippen LogP contribution in [-0.2, 0) is 0 Å². The summed E-state index contributed by atoms with van der Waals surface area (Å²) in [6.07, 6.45) is 3.51. The van der Waals surface area contributed by atoms with E-state index >= 15 is 0 Å². The van der Waals surface area contributed by atoms with Crippen LogP contribution in [0.5, 0.6) is 11.5 Å². The van der Waals surface area contributed by atoms with Gasteiger partial charge in [-0.2, -0.15) is 11.8 Å². The van der Waals surface area contributed by atoms with Crippen LogP contribution in [-0.4, -0.2) is 30.8 Å². The summed E-state index contributed by atoms with van der Waals surface area (Å²) in [6.45, 7) is 3.74. The van der Waals surface area contributed by atoms with E-state index in [9.17, 15) is 0 Å². The van der Waals surface area contributed by atoms with E-state index in [0.29, 0.717) is 12.1 Å². The molecule has 2 aliphatic heterocycles. The molecular weight excluding hydrogens is 270 g/mol. The predicted octanol–water partition coefficient (Wildman–Crippen LogP) is 3.39. The number of benzene rings is 1. The fourth-order valence-electron chi connectivity index (χ4n) is 2.76. The molecule has 4 heteroatoms. The zero-order chi connectivity index (χ0) is 13.8. The van der Waals surface area contributed by atoms with Gasteiger partial charge < -0.3 is 14.8 Å². The first-order valence-corrected chi connectivity index (χ1v) is 8.72. The van der Waals surface area contributed by atoms with E-state index in [1.54, 1.807) is 0 Å². The topological polar surface area (TPSA) is 30.5 Å². The van der Waals surface area contributed by atoms with Gasteiger partial charge in [-0.3, -0.25) is 0 Å². The van der Waals surface area contributed by atoms with Crippen molar-refractivity contribution in [2.75, 3.05) is 24.7 Å². The van der Waals surface area contributed by atoms with E-state index in [-0.39, 0.29) is 0 Å². The molecule has 1 aromatic carbocycles. The first kappa shape index (κ1) is 14.1. The standard InChI is InChI=1S/C16H23NO2S/c1-12(17-14-5-9-20-10-6-14)13-3-4-15-16(11-13)19-8-2-7-18-15/h3-4,11-12,14,17H,2,5-10H2,1H3. The van der Waals surface area contributed by atoms with Gasteiger partial charge >= 0.3 is 0 Å². The van der Waals surface area contributed by atoms with E-state index in [0.717, 1.165) is 31.1 Å². The lowest BCUT2D eigenvalue weighted by Crippen LogP contribution is -2.34. The third-order valence-corrected chi connectivity index (χ3v) is 5.03. The van der Waals surface area contributed by atoms with Gasteiger partial charge in [0.1, 0.15) is 0 Å². The first-order valence-electron chi connectivity index (χ1n) is 7.56. The molecular formula is C16H23NO2S. The summed E-state index contributed by atoms with van der Waals surface area (Å²) in [4.78, 5) is 0. The highest BCUT2D eigenvalue weighted by Crippen LogP contribution is 2.32. The average molecular weight is 293 g/mol. The molecule has 3 rings (SSSR count). The molecule has 110 valence electrons. The van der Waals surface area contributed by atoms with Crippen molar-refractivity contribution in [3.63, 3.8) is 0 Å². The molecule has 3 nitrogen and oxygen atoms in total. The van der Waals surface area contributed by atoms with Crippen LogP contribution in [0.4, 0.5) is 0 Å². The molecule has 1 saturated heterocycles. The molecule has 2 aliphatic rings. The molecule has 2 heterocycles. The largest absolute Gasteiger partial charge is 0.490 e. The highest BCUT2D eigenvalue weighted by Gasteiger charge is 2.18. The Balaban J connectivity index is 1.67. The van der Waals surface area contributed by atoms with Crippen molar-refractivity contribution in [1.82, 2.24) is 5.32 Å². The number of nitrogens with one attached hydrogen (secondary N) is 1. The Kier molecular flexibility index (Phi) is 4.73. The van der Waals surface area contributed by atoms with Gasteiger partial charge in [-0.05, 0) is 49.0 Å². The molecule has 0 spiro atoms. The Bertz CT molecular complexity index is 446. The third kappa shape index (κ3) is 3.41. The number of rotatable bonds is 3. The summed E-state index contributed by atoms with van der Waals surface area (Å²) >= 11 is 2.07. The van der Waals surface area contributed by atoms with Crippen molar-refractivity contribution in [2.24, 2.45) is 0 Å². The van der Waals surface area contributed by atoms with Crippen molar-refractivity contribution in [3.05, 3.63) is 23.8 Å². The normalized spacial score (nSPS) is 21.2. The van der Waals surface area contributed by atoms with Crippen molar-refractivity contribution in [2.45, 2.75) is 38.3 Å². The van der Waals surface area contributed by atoms with Gasteiger partial charge in [0.15, 0.2) is 11.5 Å². The lowest BCUT2D eigenvalue weighted by molar-refractivity contribution is 0.297. The molecule has 1 N–H and O–H groups in total. The van der Waals surface area contributed by atoms with Crippen molar-refractivity contribution >= 4 is 11.8 Å². The quantitative estimate of drug-likeness (QED) is 0.925. The zero-order valence-corrected chi connectivity index (χ0v) is 12.9. The number of thioether (sulfide) groups is 1. The van der Waals surface area contributed by atoms with Gasteiger partial charge in [0.25, 0.3) is 0 Å². The fraction of sp³-hybridized carbons (Fsp3) is 0.625. The van der Waals surface area contributed by atoms with Crippen LogP contribution >= 0.6 is 11.8 Å². The van der Waals surface area contributed by atoms with Crippen LogP contribution < -0.4 is 14.8 Å².